The highest BCUT2D eigenvalue weighted by Crippen LogP contribution is 2.18. The van der Waals surface area contributed by atoms with Crippen molar-refractivity contribution in [2.75, 3.05) is 26.2 Å². The van der Waals surface area contributed by atoms with Gasteiger partial charge in [-0.2, -0.15) is 8.78 Å². The molecule has 0 atom stereocenters. The molecule has 26 heavy (non-hydrogen) atoms. The SMILES string of the molecule is O=C(c1ccc(OC(F)F)cc1)N1CCN(Cc2cccc(Cl)c2)CC1. The van der Waals surface area contributed by atoms with Gasteiger partial charge in [0.2, 0.25) is 0 Å². The van der Waals surface area contributed by atoms with Crippen LogP contribution in [0.15, 0.2) is 48.5 Å². The molecule has 0 radical (unpaired) electrons. The molecule has 7 heteroatoms. The number of ether oxygens (including phenoxy) is 1. The van der Waals surface area contributed by atoms with Crippen LogP contribution in [0.4, 0.5) is 8.78 Å². The monoisotopic (exact) mass is 380 g/mol. The van der Waals surface area contributed by atoms with Gasteiger partial charge in [0.15, 0.2) is 0 Å². The Balaban J connectivity index is 1.53. The Hall–Kier alpha value is -2.18. The van der Waals surface area contributed by atoms with Crippen molar-refractivity contribution in [3.8, 4) is 5.75 Å². The van der Waals surface area contributed by atoms with Crippen LogP contribution >= 0.6 is 11.6 Å². The minimum Gasteiger partial charge on any atom is -0.435 e. The van der Waals surface area contributed by atoms with Gasteiger partial charge in [-0.15, -0.1) is 0 Å². The number of hydrogen-bond acceptors (Lipinski definition) is 3. The van der Waals surface area contributed by atoms with Crippen molar-refractivity contribution in [1.29, 1.82) is 0 Å². The molecule has 4 nitrogen and oxygen atoms in total. The molecule has 1 saturated heterocycles. The second-order valence-corrected chi connectivity index (χ2v) is 6.54. The first-order chi connectivity index (χ1) is 12.5. The molecule has 1 heterocycles. The fourth-order valence-corrected chi connectivity index (χ4v) is 3.18. The molecule has 2 aromatic rings. The molecule has 1 aliphatic rings. The van der Waals surface area contributed by atoms with Crippen LogP contribution in [0.25, 0.3) is 0 Å². The van der Waals surface area contributed by atoms with Gasteiger partial charge in [-0.25, -0.2) is 0 Å². The lowest BCUT2D eigenvalue weighted by Gasteiger charge is -2.34. The third-order valence-electron chi connectivity index (χ3n) is 4.28. The Bertz CT molecular complexity index is 747. The topological polar surface area (TPSA) is 32.8 Å². The van der Waals surface area contributed by atoms with Crippen molar-refractivity contribution in [3.05, 3.63) is 64.7 Å². The summed E-state index contributed by atoms with van der Waals surface area (Å²) in [6.45, 7) is 0.700. The summed E-state index contributed by atoms with van der Waals surface area (Å²) in [5, 5.41) is 0.718. The molecule has 1 amide bonds. The van der Waals surface area contributed by atoms with Gasteiger partial charge in [0, 0.05) is 43.3 Å². The molecule has 138 valence electrons. The summed E-state index contributed by atoms with van der Waals surface area (Å²) in [6, 6.07) is 13.5. The van der Waals surface area contributed by atoms with Gasteiger partial charge in [-0.1, -0.05) is 23.7 Å². The van der Waals surface area contributed by atoms with Crippen LogP contribution in [0.3, 0.4) is 0 Å². The molecule has 2 aromatic carbocycles. The van der Waals surface area contributed by atoms with Crippen molar-refractivity contribution in [3.63, 3.8) is 0 Å². The second kappa shape index (κ2) is 8.47. The fourth-order valence-electron chi connectivity index (χ4n) is 2.96. The molecule has 3 rings (SSSR count). The maximum Gasteiger partial charge on any atom is 0.387 e. The van der Waals surface area contributed by atoms with E-state index < -0.39 is 6.61 Å². The lowest BCUT2D eigenvalue weighted by atomic mass is 10.1. The highest BCUT2D eigenvalue weighted by Gasteiger charge is 2.22. The van der Waals surface area contributed by atoms with Crippen molar-refractivity contribution in [2.45, 2.75) is 13.2 Å². The Morgan fingerprint density at radius 2 is 1.77 bits per heavy atom. The zero-order valence-electron chi connectivity index (χ0n) is 14.1. The number of piperazine rings is 1. The summed E-state index contributed by atoms with van der Waals surface area (Å²) in [5.41, 5.74) is 1.61. The summed E-state index contributed by atoms with van der Waals surface area (Å²) in [4.78, 5) is 16.6. The van der Waals surface area contributed by atoms with Crippen LogP contribution in [-0.2, 0) is 6.54 Å². The van der Waals surface area contributed by atoms with Gasteiger partial charge < -0.3 is 9.64 Å². The molecule has 0 aromatic heterocycles. The second-order valence-electron chi connectivity index (χ2n) is 6.10. The summed E-state index contributed by atoms with van der Waals surface area (Å²) >= 11 is 6.01. The molecule has 0 saturated carbocycles. The van der Waals surface area contributed by atoms with Crippen LogP contribution in [0.5, 0.6) is 5.75 Å². The zero-order valence-corrected chi connectivity index (χ0v) is 14.8. The van der Waals surface area contributed by atoms with Gasteiger partial charge in [-0.3, -0.25) is 9.69 Å². The molecule has 0 aliphatic carbocycles. The normalized spacial score (nSPS) is 15.3. The molecule has 0 unspecified atom stereocenters. The first-order valence-corrected chi connectivity index (χ1v) is 8.70. The van der Waals surface area contributed by atoms with E-state index in [0.29, 0.717) is 18.7 Å². The van der Waals surface area contributed by atoms with Gasteiger partial charge in [0.1, 0.15) is 5.75 Å². The minimum atomic E-state index is -2.87. The summed E-state index contributed by atoms with van der Waals surface area (Å²) in [5.74, 6) is -0.0566. The van der Waals surface area contributed by atoms with Crippen LogP contribution in [0.2, 0.25) is 5.02 Å². The number of amides is 1. The van der Waals surface area contributed by atoms with E-state index in [-0.39, 0.29) is 11.7 Å². The van der Waals surface area contributed by atoms with Crippen LogP contribution in [0.1, 0.15) is 15.9 Å². The van der Waals surface area contributed by atoms with E-state index in [4.69, 9.17) is 11.6 Å². The lowest BCUT2D eigenvalue weighted by molar-refractivity contribution is -0.0498. The van der Waals surface area contributed by atoms with Crippen molar-refractivity contribution in [2.24, 2.45) is 0 Å². The number of benzene rings is 2. The van der Waals surface area contributed by atoms with Crippen molar-refractivity contribution in [1.82, 2.24) is 9.80 Å². The maximum atomic E-state index is 12.5. The standard InChI is InChI=1S/C19H19ClF2N2O2/c20-16-3-1-2-14(12-16)13-23-8-10-24(11-9-23)18(25)15-4-6-17(7-5-15)26-19(21)22/h1-7,12,19H,8-11,13H2. The number of rotatable bonds is 5. The van der Waals surface area contributed by atoms with Crippen LogP contribution in [0, 0.1) is 0 Å². The molecule has 0 N–H and O–H groups in total. The van der Waals surface area contributed by atoms with Gasteiger partial charge in [0.05, 0.1) is 0 Å². The minimum absolute atomic E-state index is 0.0443. The van der Waals surface area contributed by atoms with E-state index in [9.17, 15) is 13.6 Å². The third kappa shape index (κ3) is 4.93. The number of hydrogen-bond donors (Lipinski definition) is 0. The van der Waals surface area contributed by atoms with Gasteiger partial charge in [0.25, 0.3) is 5.91 Å². The van der Waals surface area contributed by atoms with Gasteiger partial charge in [-0.05, 0) is 42.0 Å². The highest BCUT2D eigenvalue weighted by atomic mass is 35.5. The van der Waals surface area contributed by atoms with Gasteiger partial charge >= 0.3 is 6.61 Å². The Kier molecular flexibility index (Phi) is 6.06. The third-order valence-corrected chi connectivity index (χ3v) is 4.52. The highest BCUT2D eigenvalue weighted by molar-refractivity contribution is 6.30. The van der Waals surface area contributed by atoms with E-state index in [2.05, 4.69) is 9.64 Å². The largest absolute Gasteiger partial charge is 0.435 e. The molecule has 1 aliphatic heterocycles. The smallest absolute Gasteiger partial charge is 0.387 e. The summed E-state index contributed by atoms with van der Waals surface area (Å²) < 4.78 is 28.7. The van der Waals surface area contributed by atoms with Crippen LogP contribution < -0.4 is 4.74 Å². The Labute approximate surface area is 155 Å². The molecule has 1 fully saturated rings. The Morgan fingerprint density at radius 3 is 2.38 bits per heavy atom. The number of halogens is 3. The van der Waals surface area contributed by atoms with E-state index in [0.717, 1.165) is 30.2 Å². The predicted molar refractivity (Wildman–Crippen MR) is 95.7 cm³/mol. The van der Waals surface area contributed by atoms with E-state index in [1.165, 1.54) is 24.3 Å². The van der Waals surface area contributed by atoms with E-state index in [1.54, 1.807) is 4.90 Å². The first kappa shape index (κ1) is 18.6. The fraction of sp³-hybridized carbons (Fsp3) is 0.316. The maximum absolute atomic E-state index is 12.5. The quantitative estimate of drug-likeness (QED) is 0.788. The average molecular weight is 381 g/mol. The van der Waals surface area contributed by atoms with Crippen molar-refractivity contribution >= 4 is 17.5 Å². The zero-order chi connectivity index (χ0) is 18.5. The number of carbonyl (C=O) groups is 1. The lowest BCUT2D eigenvalue weighted by Crippen LogP contribution is -2.48. The van der Waals surface area contributed by atoms with E-state index in [1.807, 2.05) is 24.3 Å². The molecular formula is C19H19ClF2N2O2. The van der Waals surface area contributed by atoms with E-state index >= 15 is 0 Å². The molecule has 0 spiro atoms. The molecule has 0 bridgehead atoms. The predicted octanol–water partition coefficient (Wildman–Crippen LogP) is 3.90. The number of alkyl halides is 2. The number of nitrogens with zero attached hydrogens (tertiary/aromatic N) is 2. The van der Waals surface area contributed by atoms with Crippen LogP contribution in [-0.4, -0.2) is 48.5 Å². The summed E-state index contributed by atoms with van der Waals surface area (Å²) in [7, 11) is 0. The van der Waals surface area contributed by atoms with Crippen molar-refractivity contribution < 1.29 is 18.3 Å². The first-order valence-electron chi connectivity index (χ1n) is 8.32. The Morgan fingerprint density at radius 1 is 1.08 bits per heavy atom. The summed E-state index contributed by atoms with van der Waals surface area (Å²) in [6.07, 6.45) is 0. The average Bonchev–Trinajstić information content (AvgIpc) is 2.62. The molecular weight excluding hydrogens is 362 g/mol. The number of carbonyl (C=O) groups excluding carboxylic acids is 1.